The lowest BCUT2D eigenvalue weighted by molar-refractivity contribution is -0.125. The zero-order chi connectivity index (χ0) is 14.4. The van der Waals surface area contributed by atoms with Gasteiger partial charge in [-0.1, -0.05) is 37.3 Å². The molecule has 1 saturated heterocycles. The van der Waals surface area contributed by atoms with E-state index in [-0.39, 0.29) is 18.1 Å². The predicted octanol–water partition coefficient (Wildman–Crippen LogP) is 2.10. The molecular weight excluding hydrogens is 252 g/mol. The van der Waals surface area contributed by atoms with E-state index >= 15 is 0 Å². The fourth-order valence-corrected chi connectivity index (χ4v) is 2.81. The van der Waals surface area contributed by atoms with Crippen LogP contribution in [0.5, 0.6) is 0 Å². The van der Waals surface area contributed by atoms with E-state index in [0.717, 1.165) is 44.5 Å². The second-order valence-electron chi connectivity index (χ2n) is 5.35. The summed E-state index contributed by atoms with van der Waals surface area (Å²) >= 11 is 0. The Balaban J connectivity index is 2.07. The van der Waals surface area contributed by atoms with Crippen LogP contribution in [0, 0.1) is 0 Å². The number of likely N-dealkylation sites (tertiary alicyclic amines) is 1. The molecule has 1 aliphatic rings. The second-order valence-corrected chi connectivity index (χ2v) is 5.35. The zero-order valence-corrected chi connectivity index (χ0v) is 12.1. The number of nitrogens with zero attached hydrogens (tertiary/aromatic N) is 1. The molecule has 1 aromatic rings. The fourth-order valence-electron chi connectivity index (χ4n) is 2.81. The van der Waals surface area contributed by atoms with Crippen molar-refractivity contribution in [3.63, 3.8) is 0 Å². The van der Waals surface area contributed by atoms with Crippen LogP contribution >= 0.6 is 0 Å². The van der Waals surface area contributed by atoms with Gasteiger partial charge in [-0.25, -0.2) is 0 Å². The lowest BCUT2D eigenvalue weighted by Gasteiger charge is -2.36. The summed E-state index contributed by atoms with van der Waals surface area (Å²) in [4.78, 5) is 14.0. The standard InChI is InChI=1S/C16H24N2O2/c1-2-11-20-14-9-6-10-18(12-14)15(16(17)19)13-7-4-3-5-8-13/h3-5,7-8,14-15H,2,6,9-12H2,1H3,(H2,17,19). The molecule has 2 rings (SSSR count). The van der Waals surface area contributed by atoms with Crippen LogP contribution in [0.15, 0.2) is 30.3 Å². The fraction of sp³-hybridized carbons (Fsp3) is 0.562. The Hall–Kier alpha value is -1.39. The Labute approximate surface area is 120 Å². The molecule has 1 fully saturated rings. The van der Waals surface area contributed by atoms with Crippen LogP contribution in [0.3, 0.4) is 0 Å². The maximum Gasteiger partial charge on any atom is 0.239 e. The zero-order valence-electron chi connectivity index (χ0n) is 12.1. The molecule has 4 nitrogen and oxygen atoms in total. The Morgan fingerprint density at radius 1 is 1.45 bits per heavy atom. The molecule has 2 unspecified atom stereocenters. The van der Waals surface area contributed by atoms with E-state index in [1.54, 1.807) is 0 Å². The maximum absolute atomic E-state index is 11.9. The van der Waals surface area contributed by atoms with Gasteiger partial charge in [-0.3, -0.25) is 9.69 Å². The highest BCUT2D eigenvalue weighted by atomic mass is 16.5. The lowest BCUT2D eigenvalue weighted by Crippen LogP contribution is -2.46. The molecule has 0 radical (unpaired) electrons. The highest BCUT2D eigenvalue weighted by Gasteiger charge is 2.30. The maximum atomic E-state index is 11.9. The third kappa shape index (κ3) is 3.81. The van der Waals surface area contributed by atoms with Crippen molar-refractivity contribution in [1.29, 1.82) is 0 Å². The van der Waals surface area contributed by atoms with Crippen molar-refractivity contribution in [3.05, 3.63) is 35.9 Å². The van der Waals surface area contributed by atoms with Crippen molar-refractivity contribution < 1.29 is 9.53 Å². The first-order valence-corrected chi connectivity index (χ1v) is 7.42. The van der Waals surface area contributed by atoms with Gasteiger partial charge in [0.05, 0.1) is 6.10 Å². The number of rotatable bonds is 6. The topological polar surface area (TPSA) is 55.6 Å². The van der Waals surface area contributed by atoms with E-state index in [1.165, 1.54) is 0 Å². The lowest BCUT2D eigenvalue weighted by atomic mass is 10.00. The predicted molar refractivity (Wildman–Crippen MR) is 79.2 cm³/mol. The number of carbonyl (C=O) groups excluding carboxylic acids is 1. The summed E-state index contributed by atoms with van der Waals surface area (Å²) in [6.07, 6.45) is 3.35. The summed E-state index contributed by atoms with van der Waals surface area (Å²) in [5.74, 6) is -0.285. The van der Waals surface area contributed by atoms with Gasteiger partial charge in [0.25, 0.3) is 0 Å². The molecule has 20 heavy (non-hydrogen) atoms. The molecule has 1 heterocycles. The molecule has 0 saturated carbocycles. The van der Waals surface area contributed by atoms with Gasteiger partial charge in [0.15, 0.2) is 0 Å². The molecule has 2 N–H and O–H groups in total. The summed E-state index contributed by atoms with van der Waals surface area (Å²) in [7, 11) is 0. The number of ether oxygens (including phenoxy) is 1. The van der Waals surface area contributed by atoms with Gasteiger partial charge in [0, 0.05) is 13.2 Å². The van der Waals surface area contributed by atoms with E-state index in [2.05, 4.69) is 11.8 Å². The van der Waals surface area contributed by atoms with Gasteiger partial charge in [-0.05, 0) is 31.4 Å². The Morgan fingerprint density at radius 2 is 2.20 bits per heavy atom. The molecule has 0 bridgehead atoms. The molecule has 0 spiro atoms. The monoisotopic (exact) mass is 276 g/mol. The molecule has 4 heteroatoms. The molecule has 1 amide bonds. The van der Waals surface area contributed by atoms with Crippen molar-refractivity contribution in [3.8, 4) is 0 Å². The van der Waals surface area contributed by atoms with Gasteiger partial charge in [0.2, 0.25) is 5.91 Å². The molecule has 110 valence electrons. The van der Waals surface area contributed by atoms with Crippen LogP contribution < -0.4 is 5.73 Å². The summed E-state index contributed by atoms with van der Waals surface area (Å²) < 4.78 is 5.83. The molecule has 2 atom stereocenters. The minimum atomic E-state index is -0.343. The average molecular weight is 276 g/mol. The number of carbonyl (C=O) groups is 1. The van der Waals surface area contributed by atoms with Crippen molar-refractivity contribution >= 4 is 5.91 Å². The first-order chi connectivity index (χ1) is 9.72. The third-order valence-electron chi connectivity index (χ3n) is 3.72. The number of hydrogen-bond acceptors (Lipinski definition) is 3. The largest absolute Gasteiger partial charge is 0.377 e. The number of benzene rings is 1. The van der Waals surface area contributed by atoms with Crippen LogP contribution in [0.2, 0.25) is 0 Å². The Bertz CT molecular complexity index is 422. The quantitative estimate of drug-likeness (QED) is 0.865. The molecular formula is C16H24N2O2. The summed E-state index contributed by atoms with van der Waals surface area (Å²) in [6.45, 7) is 4.57. The molecule has 1 aliphatic heterocycles. The number of nitrogens with two attached hydrogens (primary N) is 1. The van der Waals surface area contributed by atoms with E-state index < -0.39 is 0 Å². The van der Waals surface area contributed by atoms with Crippen LogP contribution in [0.4, 0.5) is 0 Å². The van der Waals surface area contributed by atoms with E-state index in [4.69, 9.17) is 10.5 Å². The summed E-state index contributed by atoms with van der Waals surface area (Å²) in [6, 6.07) is 9.42. The number of amides is 1. The smallest absolute Gasteiger partial charge is 0.239 e. The SMILES string of the molecule is CCCOC1CCCN(C(C(N)=O)c2ccccc2)C1. The highest BCUT2D eigenvalue weighted by molar-refractivity contribution is 5.81. The van der Waals surface area contributed by atoms with Crippen molar-refractivity contribution in [2.75, 3.05) is 19.7 Å². The van der Waals surface area contributed by atoms with Crippen molar-refractivity contribution in [2.24, 2.45) is 5.73 Å². The molecule has 0 aromatic heterocycles. The number of primary amides is 1. The summed E-state index contributed by atoms with van der Waals surface area (Å²) in [5, 5.41) is 0. The van der Waals surface area contributed by atoms with Gasteiger partial charge in [0.1, 0.15) is 6.04 Å². The van der Waals surface area contributed by atoms with Gasteiger partial charge >= 0.3 is 0 Å². The second kappa shape index (κ2) is 7.41. The van der Waals surface area contributed by atoms with Gasteiger partial charge < -0.3 is 10.5 Å². The van der Waals surface area contributed by atoms with E-state index in [9.17, 15) is 4.79 Å². The Morgan fingerprint density at radius 3 is 2.85 bits per heavy atom. The number of piperidine rings is 1. The normalized spacial score (nSPS) is 21.6. The minimum Gasteiger partial charge on any atom is -0.377 e. The molecule has 1 aromatic carbocycles. The van der Waals surface area contributed by atoms with Gasteiger partial charge in [-0.15, -0.1) is 0 Å². The Kier molecular flexibility index (Phi) is 5.56. The average Bonchev–Trinajstić information content (AvgIpc) is 2.46. The van der Waals surface area contributed by atoms with Crippen LogP contribution in [0.25, 0.3) is 0 Å². The van der Waals surface area contributed by atoms with Crippen molar-refractivity contribution in [2.45, 2.75) is 38.3 Å². The number of hydrogen-bond donors (Lipinski definition) is 1. The molecule has 0 aliphatic carbocycles. The van der Waals surface area contributed by atoms with Crippen molar-refractivity contribution in [1.82, 2.24) is 4.90 Å². The minimum absolute atomic E-state index is 0.217. The van der Waals surface area contributed by atoms with Gasteiger partial charge in [-0.2, -0.15) is 0 Å². The third-order valence-corrected chi connectivity index (χ3v) is 3.72. The first-order valence-electron chi connectivity index (χ1n) is 7.42. The van der Waals surface area contributed by atoms with Crippen LogP contribution in [0.1, 0.15) is 37.8 Å². The van der Waals surface area contributed by atoms with E-state index in [1.807, 2.05) is 30.3 Å². The van der Waals surface area contributed by atoms with Crippen LogP contribution in [-0.4, -0.2) is 36.6 Å². The van der Waals surface area contributed by atoms with E-state index in [0.29, 0.717) is 0 Å². The first kappa shape index (κ1) is 15.0. The summed E-state index contributed by atoms with van der Waals surface area (Å²) in [5.41, 5.74) is 6.59. The highest BCUT2D eigenvalue weighted by Crippen LogP contribution is 2.25. The van der Waals surface area contributed by atoms with Crippen LogP contribution in [-0.2, 0) is 9.53 Å².